The molecule has 106 valence electrons. The van der Waals surface area contributed by atoms with Gasteiger partial charge < -0.3 is 5.11 Å². The number of rotatable bonds is 5. The van der Waals surface area contributed by atoms with Gasteiger partial charge in [-0.3, -0.25) is 9.69 Å². The molecule has 1 unspecified atom stereocenters. The minimum absolute atomic E-state index is 0.132. The van der Waals surface area contributed by atoms with Crippen LogP contribution in [-0.4, -0.2) is 41.0 Å². The van der Waals surface area contributed by atoms with E-state index in [1.54, 1.807) is 32.7 Å². The molecule has 0 spiro atoms. The molecular weight excluding hydrogens is 252 g/mol. The van der Waals surface area contributed by atoms with Gasteiger partial charge >= 0.3 is 0 Å². The largest absolute Gasteiger partial charge is 0.394 e. The van der Waals surface area contributed by atoms with Crippen molar-refractivity contribution in [2.24, 2.45) is 0 Å². The number of halogens is 2. The number of carbonyl (C=O) groups excluding carboxylic acids is 1. The van der Waals surface area contributed by atoms with Gasteiger partial charge in [-0.25, -0.2) is 8.78 Å². The maximum absolute atomic E-state index is 13.6. The summed E-state index contributed by atoms with van der Waals surface area (Å²) in [5.74, 6) is -2.03. The molecule has 0 saturated heterocycles. The number of benzene rings is 1. The third-order valence-electron chi connectivity index (χ3n) is 3.50. The highest BCUT2D eigenvalue weighted by Crippen LogP contribution is 2.19. The summed E-state index contributed by atoms with van der Waals surface area (Å²) in [4.78, 5) is 13.9. The lowest BCUT2D eigenvalue weighted by molar-refractivity contribution is 0.0436. The lowest BCUT2D eigenvalue weighted by Gasteiger charge is -2.37. The van der Waals surface area contributed by atoms with Gasteiger partial charge in [-0.2, -0.15) is 0 Å². The Morgan fingerprint density at radius 2 is 2.00 bits per heavy atom. The molecule has 0 radical (unpaired) electrons. The molecule has 1 aromatic rings. The van der Waals surface area contributed by atoms with E-state index in [-0.39, 0.29) is 12.2 Å². The van der Waals surface area contributed by atoms with Gasteiger partial charge in [-0.1, -0.05) is 0 Å². The zero-order valence-corrected chi connectivity index (χ0v) is 11.6. The third-order valence-corrected chi connectivity index (χ3v) is 3.50. The summed E-state index contributed by atoms with van der Waals surface area (Å²) in [5.41, 5.74) is -0.750. The molecule has 0 aliphatic carbocycles. The van der Waals surface area contributed by atoms with Crippen molar-refractivity contribution in [1.82, 2.24) is 4.90 Å². The van der Waals surface area contributed by atoms with Crippen molar-refractivity contribution < 1.29 is 18.7 Å². The summed E-state index contributed by atoms with van der Waals surface area (Å²) in [6, 6.07) is 2.27. The molecule has 0 amide bonds. The standard InChI is InChI=1S/C14H19F2NO2/c1-9(17(4)14(2,3)8-18)13(19)11-6-5-10(15)7-12(11)16/h5-7,9,18H,8H2,1-4H3. The first-order chi connectivity index (χ1) is 8.70. The van der Waals surface area contributed by atoms with Gasteiger partial charge in [0.25, 0.3) is 0 Å². The molecule has 1 atom stereocenters. The maximum Gasteiger partial charge on any atom is 0.182 e. The van der Waals surface area contributed by atoms with Crippen LogP contribution in [0, 0.1) is 11.6 Å². The second kappa shape index (κ2) is 5.75. The normalized spacial score (nSPS) is 13.7. The number of nitrogens with zero attached hydrogens (tertiary/aromatic N) is 1. The van der Waals surface area contributed by atoms with Gasteiger partial charge in [0.1, 0.15) is 11.6 Å². The van der Waals surface area contributed by atoms with Gasteiger partial charge in [-0.15, -0.1) is 0 Å². The van der Waals surface area contributed by atoms with Crippen molar-refractivity contribution in [3.05, 3.63) is 35.4 Å². The van der Waals surface area contributed by atoms with Gasteiger partial charge in [0.05, 0.1) is 18.2 Å². The first-order valence-electron chi connectivity index (χ1n) is 6.03. The van der Waals surface area contributed by atoms with E-state index in [2.05, 4.69) is 0 Å². The molecule has 0 fully saturated rings. The number of aliphatic hydroxyl groups excluding tert-OH is 1. The van der Waals surface area contributed by atoms with Crippen LogP contribution in [0.1, 0.15) is 31.1 Å². The number of ketones is 1. The lowest BCUT2D eigenvalue weighted by Crippen LogP contribution is -2.51. The zero-order chi connectivity index (χ0) is 14.8. The van der Waals surface area contributed by atoms with Crippen molar-refractivity contribution in [2.75, 3.05) is 13.7 Å². The number of hydrogen-bond acceptors (Lipinski definition) is 3. The molecule has 0 aliphatic heterocycles. The molecule has 3 nitrogen and oxygen atoms in total. The Hall–Kier alpha value is -1.33. The molecular formula is C14H19F2NO2. The number of aliphatic hydroxyl groups is 1. The lowest BCUT2D eigenvalue weighted by atomic mass is 9.98. The molecule has 1 N–H and O–H groups in total. The summed E-state index contributed by atoms with van der Waals surface area (Å²) in [5, 5.41) is 9.28. The topological polar surface area (TPSA) is 40.5 Å². The minimum Gasteiger partial charge on any atom is -0.394 e. The van der Waals surface area contributed by atoms with Gasteiger partial charge in [-0.05, 0) is 40.0 Å². The van der Waals surface area contributed by atoms with E-state index >= 15 is 0 Å². The van der Waals surface area contributed by atoms with Crippen molar-refractivity contribution in [3.63, 3.8) is 0 Å². The highest BCUT2D eigenvalue weighted by molar-refractivity contribution is 6.00. The molecule has 1 aromatic carbocycles. The molecule has 5 heteroatoms. The summed E-state index contributed by atoms with van der Waals surface area (Å²) in [7, 11) is 1.68. The van der Waals surface area contributed by atoms with Crippen LogP contribution < -0.4 is 0 Å². The molecule has 0 aromatic heterocycles. The number of Topliss-reactive ketones (excluding diaryl/α,β-unsaturated/α-hetero) is 1. The first-order valence-corrected chi connectivity index (χ1v) is 6.03. The van der Waals surface area contributed by atoms with Crippen molar-refractivity contribution in [3.8, 4) is 0 Å². The van der Waals surface area contributed by atoms with E-state index in [0.717, 1.165) is 12.1 Å². The zero-order valence-electron chi connectivity index (χ0n) is 11.6. The maximum atomic E-state index is 13.6. The van der Waals surface area contributed by atoms with Crippen LogP contribution >= 0.6 is 0 Å². The van der Waals surface area contributed by atoms with Crippen LogP contribution in [0.25, 0.3) is 0 Å². The summed E-state index contributed by atoms with van der Waals surface area (Å²) < 4.78 is 26.4. The van der Waals surface area contributed by atoms with E-state index in [1.165, 1.54) is 0 Å². The highest BCUT2D eigenvalue weighted by atomic mass is 19.1. The number of likely N-dealkylation sites (N-methyl/N-ethyl adjacent to an activating group) is 1. The molecule has 0 saturated carbocycles. The Labute approximate surface area is 111 Å². The molecule has 0 bridgehead atoms. The number of carbonyl (C=O) groups is 1. The fraction of sp³-hybridized carbons (Fsp3) is 0.500. The average Bonchev–Trinajstić information content (AvgIpc) is 2.36. The van der Waals surface area contributed by atoms with E-state index < -0.39 is 29.0 Å². The molecule has 1 rings (SSSR count). The summed E-state index contributed by atoms with van der Waals surface area (Å²) in [6.45, 7) is 5.05. The van der Waals surface area contributed by atoms with Crippen LogP contribution in [0.2, 0.25) is 0 Å². The monoisotopic (exact) mass is 271 g/mol. The molecule has 19 heavy (non-hydrogen) atoms. The predicted molar refractivity (Wildman–Crippen MR) is 69.1 cm³/mol. The average molecular weight is 271 g/mol. The third kappa shape index (κ3) is 3.36. The van der Waals surface area contributed by atoms with Gasteiger partial charge in [0.2, 0.25) is 0 Å². The molecule has 0 aliphatic rings. The van der Waals surface area contributed by atoms with Crippen molar-refractivity contribution in [1.29, 1.82) is 0 Å². The van der Waals surface area contributed by atoms with Crippen LogP contribution in [0.4, 0.5) is 8.78 Å². The fourth-order valence-corrected chi connectivity index (χ4v) is 1.73. The quantitative estimate of drug-likeness (QED) is 0.835. The SMILES string of the molecule is CC(C(=O)c1ccc(F)cc1F)N(C)C(C)(C)CO. The Morgan fingerprint density at radius 1 is 1.42 bits per heavy atom. The van der Waals surface area contributed by atoms with Crippen LogP contribution in [0.15, 0.2) is 18.2 Å². The van der Waals surface area contributed by atoms with E-state index in [9.17, 15) is 18.7 Å². The van der Waals surface area contributed by atoms with E-state index in [1.807, 2.05) is 0 Å². The second-order valence-electron chi connectivity index (χ2n) is 5.25. The van der Waals surface area contributed by atoms with Crippen LogP contribution in [0.3, 0.4) is 0 Å². The molecule has 0 heterocycles. The Kier molecular flexibility index (Phi) is 4.76. The van der Waals surface area contributed by atoms with E-state index in [4.69, 9.17) is 0 Å². The first kappa shape index (κ1) is 15.7. The number of hydrogen-bond donors (Lipinski definition) is 1. The van der Waals surface area contributed by atoms with Crippen LogP contribution in [-0.2, 0) is 0 Å². The summed E-state index contributed by atoms with van der Waals surface area (Å²) >= 11 is 0. The smallest absolute Gasteiger partial charge is 0.182 e. The van der Waals surface area contributed by atoms with Crippen molar-refractivity contribution in [2.45, 2.75) is 32.4 Å². The second-order valence-corrected chi connectivity index (χ2v) is 5.25. The summed E-state index contributed by atoms with van der Waals surface area (Å²) in [6.07, 6.45) is 0. The predicted octanol–water partition coefficient (Wildman–Crippen LogP) is 2.24. The Morgan fingerprint density at radius 3 is 2.47 bits per heavy atom. The minimum atomic E-state index is -0.868. The van der Waals surface area contributed by atoms with Crippen molar-refractivity contribution >= 4 is 5.78 Å². The van der Waals surface area contributed by atoms with E-state index in [0.29, 0.717) is 6.07 Å². The Balaban J connectivity index is 3.00. The highest BCUT2D eigenvalue weighted by Gasteiger charge is 2.31. The Bertz CT molecular complexity index is 475. The van der Waals surface area contributed by atoms with Crippen LogP contribution in [0.5, 0.6) is 0 Å². The van der Waals surface area contributed by atoms with Gasteiger partial charge in [0, 0.05) is 11.6 Å². The fourth-order valence-electron chi connectivity index (χ4n) is 1.73. The van der Waals surface area contributed by atoms with Gasteiger partial charge in [0.15, 0.2) is 5.78 Å².